The van der Waals surface area contributed by atoms with Crippen LogP contribution in [-0.2, 0) is 12.7 Å². The van der Waals surface area contributed by atoms with Crippen LogP contribution in [0.3, 0.4) is 0 Å². The van der Waals surface area contributed by atoms with Crippen LogP contribution in [0, 0.1) is 0 Å². The maximum absolute atomic E-state index is 12.6. The number of hydrogen-bond donors (Lipinski definition) is 1. The van der Waals surface area contributed by atoms with Crippen LogP contribution in [0.5, 0.6) is 0 Å². The van der Waals surface area contributed by atoms with Crippen molar-refractivity contribution in [1.82, 2.24) is 15.2 Å². The van der Waals surface area contributed by atoms with Gasteiger partial charge in [-0.25, -0.2) is 9.78 Å². The van der Waals surface area contributed by atoms with Crippen LogP contribution in [0.25, 0.3) is 11.1 Å². The van der Waals surface area contributed by atoms with Gasteiger partial charge in [0.25, 0.3) is 0 Å². The molecule has 29 heavy (non-hydrogen) atoms. The Kier molecular flexibility index (Phi) is 5.17. The molecule has 8 heteroatoms. The smallest absolute Gasteiger partial charge is 0.416 e. The van der Waals surface area contributed by atoms with Crippen molar-refractivity contribution in [3.05, 3.63) is 65.5 Å². The highest BCUT2D eigenvalue weighted by molar-refractivity contribution is 5.74. The van der Waals surface area contributed by atoms with E-state index in [1.54, 1.807) is 4.90 Å². The van der Waals surface area contributed by atoms with E-state index in [2.05, 4.69) is 10.3 Å². The summed E-state index contributed by atoms with van der Waals surface area (Å²) in [6, 6.07) is 12.2. The minimum Gasteiger partial charge on any atom is -0.440 e. The van der Waals surface area contributed by atoms with E-state index in [4.69, 9.17) is 4.42 Å². The molecule has 0 atom stereocenters. The average molecular weight is 403 g/mol. The van der Waals surface area contributed by atoms with Gasteiger partial charge >= 0.3 is 12.2 Å². The third kappa shape index (κ3) is 4.36. The molecule has 4 rings (SSSR count). The number of halogens is 3. The van der Waals surface area contributed by atoms with Crippen LogP contribution in [-0.4, -0.2) is 29.0 Å². The third-order valence-corrected chi connectivity index (χ3v) is 5.17. The molecule has 2 amide bonds. The molecule has 0 spiro atoms. The highest BCUT2D eigenvalue weighted by Gasteiger charge is 2.30. The van der Waals surface area contributed by atoms with Crippen LogP contribution < -0.4 is 5.32 Å². The van der Waals surface area contributed by atoms with Gasteiger partial charge in [0.2, 0.25) is 0 Å². The van der Waals surface area contributed by atoms with E-state index >= 15 is 0 Å². The molecule has 1 aliphatic heterocycles. The number of aromatic nitrogens is 1. The molecule has 1 saturated heterocycles. The number of rotatable bonds is 3. The Labute approximate surface area is 165 Å². The zero-order chi connectivity index (χ0) is 20.4. The van der Waals surface area contributed by atoms with E-state index in [9.17, 15) is 18.0 Å². The second-order valence-corrected chi connectivity index (χ2v) is 7.13. The van der Waals surface area contributed by atoms with E-state index in [1.807, 2.05) is 24.3 Å². The summed E-state index contributed by atoms with van der Waals surface area (Å²) in [7, 11) is 0. The SMILES string of the molecule is O=C(NCc1ccc(C(F)(F)F)cc1)N1CCC(c2nc3ccccc3o2)CC1. The highest BCUT2D eigenvalue weighted by atomic mass is 19.4. The van der Waals surface area contributed by atoms with Crippen LogP contribution in [0.1, 0.15) is 35.8 Å². The van der Waals surface area contributed by atoms with Crippen molar-refractivity contribution >= 4 is 17.1 Å². The number of nitrogens with zero attached hydrogens (tertiary/aromatic N) is 2. The van der Waals surface area contributed by atoms with Gasteiger partial charge in [-0.3, -0.25) is 0 Å². The first kappa shape index (κ1) is 19.3. The molecule has 2 aromatic carbocycles. The monoisotopic (exact) mass is 403 g/mol. The summed E-state index contributed by atoms with van der Waals surface area (Å²) >= 11 is 0. The molecule has 1 N–H and O–H groups in total. The number of oxazole rings is 1. The first-order chi connectivity index (χ1) is 13.9. The van der Waals surface area contributed by atoms with Crippen molar-refractivity contribution < 1.29 is 22.4 Å². The normalized spacial score (nSPS) is 15.6. The number of amides is 2. The number of likely N-dealkylation sites (tertiary alicyclic amines) is 1. The summed E-state index contributed by atoms with van der Waals surface area (Å²) in [5, 5.41) is 2.77. The number of hydrogen-bond acceptors (Lipinski definition) is 3. The zero-order valence-corrected chi connectivity index (χ0v) is 15.6. The van der Waals surface area contributed by atoms with Gasteiger partial charge < -0.3 is 14.6 Å². The molecule has 3 aromatic rings. The van der Waals surface area contributed by atoms with Gasteiger partial charge in [0.1, 0.15) is 5.52 Å². The third-order valence-electron chi connectivity index (χ3n) is 5.17. The number of carbonyl (C=O) groups excluding carboxylic acids is 1. The lowest BCUT2D eigenvalue weighted by molar-refractivity contribution is -0.137. The fraction of sp³-hybridized carbons (Fsp3) is 0.333. The highest BCUT2D eigenvalue weighted by Crippen LogP contribution is 2.30. The number of urea groups is 1. The van der Waals surface area contributed by atoms with E-state index in [0.29, 0.717) is 24.5 Å². The maximum atomic E-state index is 12.6. The molecule has 1 aromatic heterocycles. The summed E-state index contributed by atoms with van der Waals surface area (Å²) in [4.78, 5) is 18.6. The van der Waals surface area contributed by atoms with Crippen LogP contribution in [0.15, 0.2) is 52.9 Å². The molecule has 1 fully saturated rings. The zero-order valence-electron chi connectivity index (χ0n) is 15.6. The van der Waals surface area contributed by atoms with Gasteiger partial charge in [-0.1, -0.05) is 24.3 Å². The molecular weight excluding hydrogens is 383 g/mol. The Balaban J connectivity index is 1.28. The Morgan fingerprint density at radius 2 is 1.79 bits per heavy atom. The summed E-state index contributed by atoms with van der Waals surface area (Å²) < 4.78 is 43.6. The largest absolute Gasteiger partial charge is 0.440 e. The number of carbonyl (C=O) groups is 1. The predicted octanol–water partition coefficient (Wildman–Crippen LogP) is 4.94. The second-order valence-electron chi connectivity index (χ2n) is 7.13. The van der Waals surface area contributed by atoms with Crippen LogP contribution in [0.2, 0.25) is 0 Å². The maximum Gasteiger partial charge on any atom is 0.416 e. The van der Waals surface area contributed by atoms with Crippen molar-refractivity contribution in [3.8, 4) is 0 Å². The summed E-state index contributed by atoms with van der Waals surface area (Å²) in [6.07, 6.45) is -2.86. The molecule has 5 nitrogen and oxygen atoms in total. The lowest BCUT2D eigenvalue weighted by Crippen LogP contribution is -2.43. The summed E-state index contributed by atoms with van der Waals surface area (Å²) in [5.74, 6) is 0.873. The number of benzene rings is 2. The topological polar surface area (TPSA) is 58.4 Å². The van der Waals surface area contributed by atoms with Crippen molar-refractivity contribution in [1.29, 1.82) is 0 Å². The Morgan fingerprint density at radius 1 is 1.10 bits per heavy atom. The van der Waals surface area contributed by atoms with Gasteiger partial charge in [0.05, 0.1) is 5.56 Å². The Morgan fingerprint density at radius 3 is 2.45 bits per heavy atom. The number of nitrogens with one attached hydrogen (secondary N) is 1. The molecule has 0 aliphatic carbocycles. The van der Waals surface area contributed by atoms with Gasteiger partial charge in [0, 0.05) is 25.6 Å². The first-order valence-corrected chi connectivity index (χ1v) is 9.44. The predicted molar refractivity (Wildman–Crippen MR) is 101 cm³/mol. The van der Waals surface area contributed by atoms with Gasteiger partial charge in [-0.2, -0.15) is 13.2 Å². The van der Waals surface area contributed by atoms with Crippen molar-refractivity contribution in [3.63, 3.8) is 0 Å². The lowest BCUT2D eigenvalue weighted by atomic mass is 9.97. The minimum atomic E-state index is -4.36. The molecule has 1 aliphatic rings. The Bertz CT molecular complexity index is 957. The molecule has 0 bridgehead atoms. The summed E-state index contributed by atoms with van der Waals surface area (Å²) in [5.41, 5.74) is 1.51. The molecular formula is C21H20F3N3O2. The second kappa shape index (κ2) is 7.77. The standard InChI is InChI=1S/C21H20F3N3O2/c22-21(23,24)16-7-5-14(6-8-16)13-25-20(28)27-11-9-15(10-12-27)19-26-17-3-1-2-4-18(17)29-19/h1-8,15H,9-13H2,(H,25,28). The van der Waals surface area contributed by atoms with Crippen molar-refractivity contribution in [2.75, 3.05) is 13.1 Å². The fourth-order valence-corrected chi connectivity index (χ4v) is 3.50. The molecule has 152 valence electrons. The number of alkyl halides is 3. The van der Waals surface area contributed by atoms with Gasteiger partial charge in [-0.05, 0) is 42.7 Å². The number of para-hydroxylation sites is 2. The minimum absolute atomic E-state index is 0.168. The van der Waals surface area contributed by atoms with E-state index in [0.717, 1.165) is 36.1 Å². The van der Waals surface area contributed by atoms with E-state index < -0.39 is 11.7 Å². The average Bonchev–Trinajstić information content (AvgIpc) is 3.16. The quantitative estimate of drug-likeness (QED) is 0.674. The fourth-order valence-electron chi connectivity index (χ4n) is 3.50. The first-order valence-electron chi connectivity index (χ1n) is 9.44. The molecule has 2 heterocycles. The van der Waals surface area contributed by atoms with Crippen molar-refractivity contribution in [2.45, 2.75) is 31.5 Å². The molecule has 0 unspecified atom stereocenters. The number of piperidine rings is 1. The Hall–Kier alpha value is -3.03. The molecule has 0 saturated carbocycles. The van der Waals surface area contributed by atoms with E-state index in [-0.39, 0.29) is 18.5 Å². The molecule has 0 radical (unpaired) electrons. The van der Waals surface area contributed by atoms with Gasteiger partial charge in [-0.15, -0.1) is 0 Å². The van der Waals surface area contributed by atoms with Crippen LogP contribution >= 0.6 is 0 Å². The number of fused-ring (bicyclic) bond motifs is 1. The van der Waals surface area contributed by atoms with Crippen LogP contribution in [0.4, 0.5) is 18.0 Å². The van der Waals surface area contributed by atoms with Gasteiger partial charge in [0.15, 0.2) is 11.5 Å². The lowest BCUT2D eigenvalue weighted by Gasteiger charge is -2.30. The van der Waals surface area contributed by atoms with Crippen molar-refractivity contribution in [2.24, 2.45) is 0 Å². The van der Waals surface area contributed by atoms with E-state index in [1.165, 1.54) is 12.1 Å². The summed E-state index contributed by atoms with van der Waals surface area (Å²) in [6.45, 7) is 1.33.